The highest BCUT2D eigenvalue weighted by molar-refractivity contribution is 5.82. The van der Waals surface area contributed by atoms with E-state index in [-0.39, 0.29) is 12.5 Å². The third kappa shape index (κ3) is 4.65. The topological polar surface area (TPSA) is 118 Å². The van der Waals surface area contributed by atoms with Crippen molar-refractivity contribution in [3.8, 4) is 0 Å². The van der Waals surface area contributed by atoms with E-state index in [9.17, 15) is 9.59 Å². The van der Waals surface area contributed by atoms with E-state index in [0.29, 0.717) is 6.42 Å². The first-order valence-corrected chi connectivity index (χ1v) is 6.98. The molecule has 126 valence electrons. The zero-order chi connectivity index (χ0) is 16.9. The molecule has 1 amide bonds. The second-order valence-electron chi connectivity index (χ2n) is 6.08. The molecule has 1 heterocycles. The molecule has 1 aliphatic heterocycles. The predicted octanol–water partition coefficient (Wildman–Crippen LogP) is -0.220. The lowest BCUT2D eigenvalue weighted by molar-refractivity contribution is -0.145. The minimum absolute atomic E-state index is 0.148. The molecule has 1 saturated heterocycles. The third-order valence-electron chi connectivity index (χ3n) is 3.31. The van der Waals surface area contributed by atoms with Crippen molar-refractivity contribution >= 4 is 18.8 Å². The minimum atomic E-state index is -0.714. The second kappa shape index (κ2) is 7.52. The van der Waals surface area contributed by atoms with Crippen molar-refractivity contribution < 1.29 is 19.1 Å². The van der Waals surface area contributed by atoms with Crippen molar-refractivity contribution in [1.82, 2.24) is 15.9 Å². The van der Waals surface area contributed by atoms with Crippen LogP contribution >= 0.6 is 0 Å². The number of carbonyl (C=O) groups is 2. The van der Waals surface area contributed by atoms with Gasteiger partial charge >= 0.3 is 12.1 Å². The molecule has 1 fully saturated rings. The number of ether oxygens (including phenoxy) is 2. The van der Waals surface area contributed by atoms with E-state index >= 15 is 0 Å². The van der Waals surface area contributed by atoms with Crippen molar-refractivity contribution in [1.29, 1.82) is 0 Å². The van der Waals surface area contributed by atoms with E-state index in [2.05, 4.69) is 22.7 Å². The van der Waals surface area contributed by atoms with Crippen LogP contribution in [0.2, 0.25) is 0 Å². The third-order valence-corrected chi connectivity index (χ3v) is 3.31. The Labute approximate surface area is 130 Å². The maximum Gasteiger partial charge on any atom is 0.411 e. The van der Waals surface area contributed by atoms with Gasteiger partial charge in [-0.15, -0.1) is 0 Å². The number of hydrazine groups is 2. The number of nitrogens with one attached hydrogen (secondary N) is 2. The first-order chi connectivity index (χ1) is 10.2. The van der Waals surface area contributed by atoms with Crippen LogP contribution in [-0.2, 0) is 14.3 Å². The number of likely N-dealkylation sites (tertiary alicyclic amines) is 1. The lowest BCUT2D eigenvalue weighted by Crippen LogP contribution is -2.48. The molecule has 3 atom stereocenters. The number of aliphatic imine (C=N–C) groups is 1. The van der Waals surface area contributed by atoms with Crippen LogP contribution in [-0.4, -0.2) is 55.1 Å². The molecule has 4 N–H and O–H groups in total. The number of hydrogen-bond acceptors (Lipinski definition) is 8. The number of esters is 1. The fraction of sp³-hybridized carbons (Fsp3) is 0.769. The molecular weight excluding hydrogens is 290 g/mol. The summed E-state index contributed by atoms with van der Waals surface area (Å²) in [5.74, 6) is 4.59. The van der Waals surface area contributed by atoms with E-state index in [1.807, 2.05) is 0 Å². The molecule has 0 bridgehead atoms. The monoisotopic (exact) mass is 315 g/mol. The summed E-state index contributed by atoms with van der Waals surface area (Å²) in [4.78, 5) is 29.5. The molecule has 22 heavy (non-hydrogen) atoms. The van der Waals surface area contributed by atoms with Gasteiger partial charge in [-0.2, -0.15) is 5.53 Å². The Balaban J connectivity index is 2.90. The van der Waals surface area contributed by atoms with Crippen LogP contribution in [0.15, 0.2) is 4.99 Å². The number of methoxy groups -OCH3 is 1. The first kappa shape index (κ1) is 18.3. The molecule has 0 saturated carbocycles. The Morgan fingerprint density at radius 2 is 2.09 bits per heavy atom. The van der Waals surface area contributed by atoms with Crippen LogP contribution in [0.3, 0.4) is 0 Å². The summed E-state index contributed by atoms with van der Waals surface area (Å²) in [5.41, 5.74) is 4.38. The second-order valence-corrected chi connectivity index (χ2v) is 6.08. The van der Waals surface area contributed by atoms with Crippen LogP contribution in [0.1, 0.15) is 27.2 Å². The van der Waals surface area contributed by atoms with Gasteiger partial charge in [-0.25, -0.2) is 15.0 Å². The Morgan fingerprint density at radius 1 is 1.45 bits per heavy atom. The Kier molecular flexibility index (Phi) is 6.27. The van der Waals surface area contributed by atoms with Crippen LogP contribution < -0.4 is 16.8 Å². The summed E-state index contributed by atoms with van der Waals surface area (Å²) < 4.78 is 10.1. The zero-order valence-corrected chi connectivity index (χ0v) is 13.5. The summed E-state index contributed by atoms with van der Waals surface area (Å²) in [6, 6.07) is -0.714. The van der Waals surface area contributed by atoms with Crippen LogP contribution in [0, 0.1) is 5.92 Å². The van der Waals surface area contributed by atoms with Crippen LogP contribution in [0.5, 0.6) is 0 Å². The Hall–Kier alpha value is -1.71. The van der Waals surface area contributed by atoms with Gasteiger partial charge < -0.3 is 9.47 Å². The minimum Gasteiger partial charge on any atom is -0.467 e. The van der Waals surface area contributed by atoms with E-state index in [1.165, 1.54) is 12.0 Å². The van der Waals surface area contributed by atoms with E-state index in [4.69, 9.17) is 15.3 Å². The highest BCUT2D eigenvalue weighted by atomic mass is 16.6. The quantitative estimate of drug-likeness (QED) is 0.278. The molecule has 9 heteroatoms. The molecular formula is C13H25N5O4. The maximum absolute atomic E-state index is 12.3. The molecule has 0 aromatic rings. The van der Waals surface area contributed by atoms with Gasteiger partial charge in [0.25, 0.3) is 0 Å². The fourth-order valence-corrected chi connectivity index (χ4v) is 2.38. The molecule has 0 aromatic carbocycles. The van der Waals surface area contributed by atoms with Gasteiger partial charge in [0.05, 0.1) is 7.11 Å². The maximum atomic E-state index is 12.3. The van der Waals surface area contributed by atoms with Crippen LogP contribution in [0.4, 0.5) is 4.79 Å². The van der Waals surface area contributed by atoms with Gasteiger partial charge in [0.15, 0.2) is 0 Å². The van der Waals surface area contributed by atoms with E-state index < -0.39 is 29.9 Å². The average Bonchev–Trinajstić information content (AvgIpc) is 2.87. The van der Waals surface area contributed by atoms with Gasteiger partial charge in [-0.1, -0.05) is 0 Å². The average molecular weight is 315 g/mol. The molecule has 1 aliphatic rings. The smallest absolute Gasteiger partial charge is 0.411 e. The van der Waals surface area contributed by atoms with Crippen molar-refractivity contribution in [2.45, 2.75) is 45.0 Å². The fourth-order valence-electron chi connectivity index (χ4n) is 2.38. The van der Waals surface area contributed by atoms with Gasteiger partial charge in [0.1, 0.15) is 17.8 Å². The molecule has 9 nitrogen and oxygen atoms in total. The largest absolute Gasteiger partial charge is 0.467 e. The normalized spacial score (nSPS) is 23.0. The number of nitrogens with zero attached hydrogens (tertiary/aromatic N) is 2. The number of amides is 1. The molecule has 0 radical (unpaired) electrons. The number of nitrogens with two attached hydrogens (primary N) is 1. The Morgan fingerprint density at radius 3 is 2.55 bits per heavy atom. The number of rotatable bonds is 5. The zero-order valence-electron chi connectivity index (χ0n) is 13.5. The summed E-state index contributed by atoms with van der Waals surface area (Å²) in [6.07, 6.45) is -0.622. The highest BCUT2D eigenvalue weighted by Gasteiger charge is 2.44. The SMILES string of the molecule is C=NC(NNN)[C@@H]1CC(C(=O)OC)N(C(=O)OC(C)(C)C)C1. The van der Waals surface area contributed by atoms with Gasteiger partial charge in [0, 0.05) is 12.5 Å². The summed E-state index contributed by atoms with van der Waals surface area (Å²) in [5, 5.41) is 0. The molecule has 0 spiro atoms. The summed E-state index contributed by atoms with van der Waals surface area (Å²) in [7, 11) is 1.28. The summed E-state index contributed by atoms with van der Waals surface area (Å²) in [6.45, 7) is 9.06. The van der Waals surface area contributed by atoms with Crippen molar-refractivity contribution in [3.63, 3.8) is 0 Å². The lowest BCUT2D eigenvalue weighted by atomic mass is 10.0. The molecule has 0 aromatic heterocycles. The van der Waals surface area contributed by atoms with Crippen LogP contribution in [0.25, 0.3) is 0 Å². The predicted molar refractivity (Wildman–Crippen MR) is 80.6 cm³/mol. The lowest BCUT2D eigenvalue weighted by Gasteiger charge is -2.27. The van der Waals surface area contributed by atoms with Crippen molar-refractivity contribution in [2.75, 3.05) is 13.7 Å². The van der Waals surface area contributed by atoms with E-state index in [1.54, 1.807) is 20.8 Å². The standard InChI is InChI=1S/C13H25N5O4/c1-13(2,3)22-12(20)18-7-8(10(15-4)16-17-14)6-9(18)11(19)21-5/h8-10,16-17H,4,6-7,14H2,1-3,5H3/t8-,9?,10?/m1/s1. The van der Waals surface area contributed by atoms with Gasteiger partial charge in [-0.05, 0) is 33.9 Å². The molecule has 0 aliphatic carbocycles. The van der Waals surface area contributed by atoms with E-state index in [0.717, 1.165) is 0 Å². The van der Waals surface area contributed by atoms with Crippen molar-refractivity contribution in [3.05, 3.63) is 0 Å². The first-order valence-electron chi connectivity index (χ1n) is 6.98. The van der Waals surface area contributed by atoms with Gasteiger partial charge in [-0.3, -0.25) is 15.7 Å². The van der Waals surface area contributed by atoms with Crippen molar-refractivity contribution in [2.24, 2.45) is 16.8 Å². The molecule has 2 unspecified atom stereocenters. The number of carbonyl (C=O) groups excluding carboxylic acids is 2. The summed E-state index contributed by atoms with van der Waals surface area (Å²) >= 11 is 0. The molecule has 1 rings (SSSR count). The Bertz CT molecular complexity index is 423. The van der Waals surface area contributed by atoms with Gasteiger partial charge in [0.2, 0.25) is 0 Å². The number of hydrogen-bond donors (Lipinski definition) is 3. The highest BCUT2D eigenvalue weighted by Crippen LogP contribution is 2.28.